The predicted octanol–water partition coefficient (Wildman–Crippen LogP) is 1.64. The third-order valence-corrected chi connectivity index (χ3v) is 0.876. The van der Waals surface area contributed by atoms with Gasteiger partial charge in [-0.2, -0.15) is 0 Å². The van der Waals surface area contributed by atoms with Crippen LogP contribution in [0.3, 0.4) is 0 Å². The molecule has 0 aromatic carbocycles. The van der Waals surface area contributed by atoms with E-state index < -0.39 is 12.1 Å². The summed E-state index contributed by atoms with van der Waals surface area (Å²) in [7, 11) is 0. The van der Waals surface area contributed by atoms with Crippen LogP contribution < -0.4 is 0 Å². The van der Waals surface area contributed by atoms with E-state index in [0.29, 0.717) is 0 Å². The zero-order chi connectivity index (χ0) is 9.07. The second kappa shape index (κ2) is 3.37. The quantitative estimate of drug-likeness (QED) is 0.468. The molecule has 0 aliphatic rings. The number of rotatable bonds is 1. The van der Waals surface area contributed by atoms with Crippen LogP contribution in [0.5, 0.6) is 0 Å². The number of ether oxygens (including phenoxy) is 1. The molecule has 0 bridgehead atoms. The van der Waals surface area contributed by atoms with E-state index in [1.54, 1.807) is 0 Å². The lowest BCUT2D eigenvalue weighted by molar-refractivity contribution is -0.140. The minimum absolute atomic E-state index is 0.110. The summed E-state index contributed by atoms with van der Waals surface area (Å²) in [5, 5.41) is 8.04. The fraction of sp³-hybridized carbons (Fsp3) is 0.714. The molecule has 11 heavy (non-hydrogen) atoms. The monoisotopic (exact) mass is 160 g/mol. The first-order valence-corrected chi connectivity index (χ1v) is 3.25. The first-order valence-electron chi connectivity index (χ1n) is 3.25. The normalized spacial score (nSPS) is 10.8. The highest BCUT2D eigenvalue weighted by Crippen LogP contribution is 2.18. The molecule has 0 fully saturated rings. The van der Waals surface area contributed by atoms with E-state index in [1.807, 2.05) is 20.8 Å². The summed E-state index contributed by atoms with van der Waals surface area (Å²) < 4.78 is 3.90. The molecular formula is C7H12O4. The summed E-state index contributed by atoms with van der Waals surface area (Å²) in [4.78, 5) is 20.5. The van der Waals surface area contributed by atoms with Crippen molar-refractivity contribution in [1.82, 2.24) is 0 Å². The summed E-state index contributed by atoms with van der Waals surface area (Å²) in [5.41, 5.74) is -0.230. The molecular weight excluding hydrogens is 148 g/mol. The van der Waals surface area contributed by atoms with Gasteiger partial charge in [-0.15, -0.1) is 0 Å². The van der Waals surface area contributed by atoms with Crippen molar-refractivity contribution in [2.45, 2.75) is 27.2 Å². The second-order valence-corrected chi connectivity index (χ2v) is 3.48. The molecule has 0 radical (unpaired) electrons. The number of esters is 1. The van der Waals surface area contributed by atoms with Crippen molar-refractivity contribution in [2.24, 2.45) is 5.41 Å². The molecule has 0 amide bonds. The van der Waals surface area contributed by atoms with Crippen molar-refractivity contribution in [1.29, 1.82) is 0 Å². The summed E-state index contributed by atoms with van der Waals surface area (Å²) in [6.07, 6.45) is -1.43. The Bertz CT molecular complexity index is 166. The molecule has 0 saturated heterocycles. The molecule has 0 aromatic heterocycles. The van der Waals surface area contributed by atoms with Gasteiger partial charge >= 0.3 is 12.1 Å². The number of hydrogen-bond acceptors (Lipinski definition) is 3. The largest absolute Gasteiger partial charge is 0.513 e. The molecule has 1 N–H and O–H groups in total. The average Bonchev–Trinajstić information content (AvgIpc) is 1.53. The van der Waals surface area contributed by atoms with Crippen molar-refractivity contribution >= 4 is 12.1 Å². The first kappa shape index (κ1) is 9.94. The van der Waals surface area contributed by atoms with E-state index in [-0.39, 0.29) is 11.8 Å². The van der Waals surface area contributed by atoms with Crippen LogP contribution in [0.15, 0.2) is 0 Å². The molecule has 0 aliphatic heterocycles. The number of carboxylic acid groups (broad SMARTS) is 1. The SMILES string of the molecule is CC(C)(C)CC(=O)OC(=O)O. The van der Waals surface area contributed by atoms with E-state index in [0.717, 1.165) is 0 Å². The molecule has 0 rings (SSSR count). The highest BCUT2D eigenvalue weighted by Gasteiger charge is 2.18. The number of carbonyl (C=O) groups is 2. The van der Waals surface area contributed by atoms with E-state index in [2.05, 4.69) is 4.74 Å². The lowest BCUT2D eigenvalue weighted by atomic mass is 9.93. The Morgan fingerprint density at radius 1 is 1.36 bits per heavy atom. The van der Waals surface area contributed by atoms with E-state index in [4.69, 9.17) is 5.11 Å². The minimum atomic E-state index is -1.54. The van der Waals surface area contributed by atoms with Gasteiger partial charge in [-0.25, -0.2) is 4.79 Å². The molecule has 0 aliphatic carbocycles. The van der Waals surface area contributed by atoms with Crippen molar-refractivity contribution < 1.29 is 19.4 Å². The zero-order valence-electron chi connectivity index (χ0n) is 6.88. The van der Waals surface area contributed by atoms with Crippen LogP contribution in [-0.2, 0) is 9.53 Å². The molecule has 0 atom stereocenters. The zero-order valence-corrected chi connectivity index (χ0v) is 6.88. The summed E-state index contributed by atoms with van der Waals surface area (Å²) in [6, 6.07) is 0. The van der Waals surface area contributed by atoms with E-state index >= 15 is 0 Å². The topological polar surface area (TPSA) is 63.6 Å². The van der Waals surface area contributed by atoms with Gasteiger partial charge in [-0.3, -0.25) is 4.79 Å². The lowest BCUT2D eigenvalue weighted by Crippen LogP contribution is -2.17. The van der Waals surface area contributed by atoms with Crippen LogP contribution in [0.2, 0.25) is 0 Å². The third kappa shape index (κ3) is 6.83. The van der Waals surface area contributed by atoms with Gasteiger partial charge in [0.05, 0.1) is 6.42 Å². The van der Waals surface area contributed by atoms with Crippen LogP contribution in [0.25, 0.3) is 0 Å². The van der Waals surface area contributed by atoms with Crippen LogP contribution in [-0.4, -0.2) is 17.2 Å². The average molecular weight is 160 g/mol. The molecule has 4 heteroatoms. The third-order valence-electron chi connectivity index (χ3n) is 0.876. The fourth-order valence-corrected chi connectivity index (χ4v) is 0.566. The van der Waals surface area contributed by atoms with Gasteiger partial charge in [-0.1, -0.05) is 20.8 Å². The van der Waals surface area contributed by atoms with Crippen LogP contribution >= 0.6 is 0 Å². The maximum Gasteiger partial charge on any atom is 0.513 e. The molecule has 0 saturated carbocycles. The summed E-state index contributed by atoms with van der Waals surface area (Å²) in [6.45, 7) is 5.49. The van der Waals surface area contributed by atoms with Gasteiger partial charge in [0.2, 0.25) is 0 Å². The Balaban J connectivity index is 3.80. The van der Waals surface area contributed by atoms with Gasteiger partial charge in [-0.05, 0) is 5.41 Å². The molecule has 64 valence electrons. The van der Waals surface area contributed by atoms with Crippen molar-refractivity contribution in [3.05, 3.63) is 0 Å². The first-order chi connectivity index (χ1) is 4.81. The Morgan fingerprint density at radius 3 is 2.09 bits per heavy atom. The van der Waals surface area contributed by atoms with E-state index in [9.17, 15) is 9.59 Å². The molecule has 0 spiro atoms. The number of hydrogen-bond donors (Lipinski definition) is 1. The second-order valence-electron chi connectivity index (χ2n) is 3.48. The summed E-state index contributed by atoms with van der Waals surface area (Å²) >= 11 is 0. The van der Waals surface area contributed by atoms with Crippen molar-refractivity contribution in [3.8, 4) is 0 Å². The Morgan fingerprint density at radius 2 is 1.82 bits per heavy atom. The minimum Gasteiger partial charge on any atom is -0.449 e. The molecule has 4 nitrogen and oxygen atoms in total. The highest BCUT2D eigenvalue weighted by atomic mass is 16.7. The summed E-state index contributed by atoms with van der Waals surface area (Å²) in [5.74, 6) is -0.704. The smallest absolute Gasteiger partial charge is 0.449 e. The van der Waals surface area contributed by atoms with Gasteiger partial charge in [0, 0.05) is 0 Å². The van der Waals surface area contributed by atoms with Gasteiger partial charge in [0.1, 0.15) is 0 Å². The Hall–Kier alpha value is -1.06. The van der Waals surface area contributed by atoms with Crippen LogP contribution in [0.1, 0.15) is 27.2 Å². The Labute approximate surface area is 65.2 Å². The van der Waals surface area contributed by atoms with Crippen LogP contribution in [0, 0.1) is 5.41 Å². The lowest BCUT2D eigenvalue weighted by Gasteiger charge is -2.14. The fourth-order valence-electron chi connectivity index (χ4n) is 0.566. The molecule has 0 aromatic rings. The van der Waals surface area contributed by atoms with E-state index in [1.165, 1.54) is 0 Å². The standard InChI is InChI=1S/C7H12O4/c1-7(2,3)4-5(8)11-6(9)10/h4H2,1-3H3,(H,9,10). The van der Waals surface area contributed by atoms with Crippen LogP contribution in [0.4, 0.5) is 4.79 Å². The predicted molar refractivity (Wildman–Crippen MR) is 38.2 cm³/mol. The van der Waals surface area contributed by atoms with Gasteiger partial charge < -0.3 is 9.84 Å². The maximum atomic E-state index is 10.7. The van der Waals surface area contributed by atoms with Crippen molar-refractivity contribution in [3.63, 3.8) is 0 Å². The van der Waals surface area contributed by atoms with Crippen molar-refractivity contribution in [2.75, 3.05) is 0 Å². The Kier molecular flexibility index (Phi) is 3.04. The molecule has 0 heterocycles. The maximum absolute atomic E-state index is 10.7. The van der Waals surface area contributed by atoms with Gasteiger partial charge in [0.25, 0.3) is 0 Å². The molecule has 0 unspecified atom stereocenters. The van der Waals surface area contributed by atoms with Gasteiger partial charge in [0.15, 0.2) is 0 Å². The highest BCUT2D eigenvalue weighted by molar-refractivity contribution is 5.81. The number of carbonyl (C=O) groups excluding carboxylic acids is 1.